The Bertz CT molecular complexity index is 573. The third-order valence-corrected chi connectivity index (χ3v) is 3.30. The number of nitriles is 1. The van der Waals surface area contributed by atoms with Crippen LogP contribution >= 0.6 is 0 Å². The normalized spacial score (nSPS) is 20.3. The summed E-state index contributed by atoms with van der Waals surface area (Å²) < 4.78 is 2.03. The predicted molar refractivity (Wildman–Crippen MR) is 64.5 cm³/mol. The van der Waals surface area contributed by atoms with Gasteiger partial charge in [0.2, 0.25) is 0 Å². The van der Waals surface area contributed by atoms with Gasteiger partial charge in [-0.2, -0.15) is 5.26 Å². The first-order chi connectivity index (χ1) is 8.40. The maximum Gasteiger partial charge on any atom is 0.166 e. The van der Waals surface area contributed by atoms with E-state index in [0.29, 0.717) is 5.69 Å². The summed E-state index contributed by atoms with van der Waals surface area (Å²) in [5.41, 5.74) is 1.42. The Morgan fingerprint density at radius 1 is 1.41 bits per heavy atom. The number of piperidine rings is 1. The first kappa shape index (κ1) is 10.3. The second-order valence-electron chi connectivity index (χ2n) is 4.39. The van der Waals surface area contributed by atoms with Crippen LogP contribution in [0.15, 0.2) is 24.4 Å². The first-order valence-electron chi connectivity index (χ1n) is 6.00. The molecule has 3 heterocycles. The molecule has 1 aliphatic heterocycles. The monoisotopic (exact) mass is 226 g/mol. The van der Waals surface area contributed by atoms with Gasteiger partial charge in [0.1, 0.15) is 11.9 Å². The highest BCUT2D eigenvalue weighted by Crippen LogP contribution is 2.24. The van der Waals surface area contributed by atoms with E-state index < -0.39 is 0 Å². The third kappa shape index (κ3) is 1.69. The van der Waals surface area contributed by atoms with Crippen molar-refractivity contribution >= 4 is 5.52 Å². The van der Waals surface area contributed by atoms with E-state index >= 15 is 0 Å². The van der Waals surface area contributed by atoms with Gasteiger partial charge in [0, 0.05) is 6.20 Å². The van der Waals surface area contributed by atoms with Gasteiger partial charge in [-0.1, -0.05) is 12.5 Å². The summed E-state index contributed by atoms with van der Waals surface area (Å²) in [6.07, 6.45) is 5.53. The Labute approximate surface area is 99.9 Å². The lowest BCUT2D eigenvalue weighted by molar-refractivity contribution is 0.396. The molecule has 2 aromatic heterocycles. The second kappa shape index (κ2) is 4.19. The minimum atomic E-state index is 0.278. The molecule has 1 unspecified atom stereocenters. The van der Waals surface area contributed by atoms with Crippen molar-refractivity contribution in [3.8, 4) is 6.07 Å². The molecular formula is C13H14N4. The second-order valence-corrected chi connectivity index (χ2v) is 4.39. The van der Waals surface area contributed by atoms with Crippen molar-refractivity contribution < 1.29 is 0 Å². The molecule has 86 valence electrons. The number of hydrogen-bond acceptors (Lipinski definition) is 3. The van der Waals surface area contributed by atoms with Crippen molar-refractivity contribution in [1.29, 1.82) is 5.26 Å². The van der Waals surface area contributed by atoms with E-state index in [1.165, 1.54) is 12.8 Å². The molecule has 0 aliphatic carbocycles. The van der Waals surface area contributed by atoms with Gasteiger partial charge in [-0.05, 0) is 31.5 Å². The Balaban J connectivity index is 2.13. The summed E-state index contributed by atoms with van der Waals surface area (Å²) in [5, 5.41) is 12.6. The molecule has 0 amide bonds. The van der Waals surface area contributed by atoms with E-state index in [2.05, 4.69) is 16.4 Å². The van der Waals surface area contributed by atoms with Crippen LogP contribution in [0.5, 0.6) is 0 Å². The van der Waals surface area contributed by atoms with Gasteiger partial charge in [-0.3, -0.25) is 0 Å². The lowest BCUT2D eigenvalue weighted by Crippen LogP contribution is -2.28. The quantitative estimate of drug-likeness (QED) is 0.809. The smallest absolute Gasteiger partial charge is 0.166 e. The van der Waals surface area contributed by atoms with Crippen LogP contribution in [0, 0.1) is 11.3 Å². The zero-order chi connectivity index (χ0) is 11.7. The Hall–Kier alpha value is -1.86. The summed E-state index contributed by atoms with van der Waals surface area (Å²) in [5.74, 6) is 0.969. The van der Waals surface area contributed by atoms with E-state index in [1.807, 2.05) is 28.8 Å². The summed E-state index contributed by atoms with van der Waals surface area (Å²) in [4.78, 5) is 4.47. The van der Waals surface area contributed by atoms with Crippen molar-refractivity contribution in [3.05, 3.63) is 35.9 Å². The molecule has 0 bridgehead atoms. The average Bonchev–Trinajstić information content (AvgIpc) is 2.78. The van der Waals surface area contributed by atoms with Crippen LogP contribution in [0.2, 0.25) is 0 Å². The van der Waals surface area contributed by atoms with E-state index in [1.54, 1.807) is 0 Å². The molecule has 0 radical (unpaired) electrons. The number of aromatic nitrogens is 2. The van der Waals surface area contributed by atoms with Crippen molar-refractivity contribution in [3.63, 3.8) is 0 Å². The molecule has 0 aromatic carbocycles. The lowest BCUT2D eigenvalue weighted by atomic mass is 10.0. The fourth-order valence-corrected chi connectivity index (χ4v) is 2.46. The van der Waals surface area contributed by atoms with Crippen LogP contribution in [0.25, 0.3) is 5.52 Å². The van der Waals surface area contributed by atoms with Gasteiger partial charge in [-0.15, -0.1) is 0 Å². The highest BCUT2D eigenvalue weighted by atomic mass is 15.1. The average molecular weight is 226 g/mol. The standard InChI is InChI=1S/C13H14N4/c14-9-11-12-6-2-4-8-17(12)13(16-11)10-5-1-3-7-15-10/h2,4,6,8,10,15H,1,3,5,7H2. The molecule has 1 aliphatic rings. The van der Waals surface area contributed by atoms with Gasteiger partial charge in [-0.25, -0.2) is 4.98 Å². The fourth-order valence-electron chi connectivity index (χ4n) is 2.46. The topological polar surface area (TPSA) is 53.1 Å². The molecule has 1 fully saturated rings. The molecule has 0 spiro atoms. The summed E-state index contributed by atoms with van der Waals surface area (Å²) >= 11 is 0. The number of hydrogen-bond donors (Lipinski definition) is 1. The number of rotatable bonds is 1. The van der Waals surface area contributed by atoms with Crippen molar-refractivity contribution in [2.24, 2.45) is 0 Å². The lowest BCUT2D eigenvalue weighted by Gasteiger charge is -2.22. The largest absolute Gasteiger partial charge is 0.307 e. The highest BCUT2D eigenvalue weighted by molar-refractivity contribution is 5.58. The third-order valence-electron chi connectivity index (χ3n) is 3.30. The molecule has 3 rings (SSSR count). The van der Waals surface area contributed by atoms with Crippen LogP contribution in [0.3, 0.4) is 0 Å². The number of nitrogens with one attached hydrogen (secondary N) is 1. The number of nitrogens with zero attached hydrogens (tertiary/aromatic N) is 3. The molecule has 1 N–H and O–H groups in total. The van der Waals surface area contributed by atoms with Crippen LogP contribution in [0.1, 0.15) is 36.8 Å². The van der Waals surface area contributed by atoms with Gasteiger partial charge in [0.25, 0.3) is 0 Å². The molecule has 4 nitrogen and oxygen atoms in total. The molecule has 17 heavy (non-hydrogen) atoms. The van der Waals surface area contributed by atoms with Gasteiger partial charge in [0.05, 0.1) is 11.6 Å². The highest BCUT2D eigenvalue weighted by Gasteiger charge is 2.21. The first-order valence-corrected chi connectivity index (χ1v) is 6.00. The predicted octanol–water partition coefficient (Wildman–Crippen LogP) is 2.02. The molecular weight excluding hydrogens is 212 g/mol. The van der Waals surface area contributed by atoms with E-state index in [9.17, 15) is 0 Å². The summed E-state index contributed by atoms with van der Waals surface area (Å²) in [7, 11) is 0. The number of pyridine rings is 1. The van der Waals surface area contributed by atoms with Crippen molar-refractivity contribution in [2.75, 3.05) is 6.54 Å². The Kier molecular flexibility index (Phi) is 2.54. The van der Waals surface area contributed by atoms with Crippen LogP contribution < -0.4 is 5.32 Å². The Morgan fingerprint density at radius 3 is 3.12 bits per heavy atom. The van der Waals surface area contributed by atoms with Crippen molar-refractivity contribution in [1.82, 2.24) is 14.7 Å². The van der Waals surface area contributed by atoms with Crippen LogP contribution in [-0.2, 0) is 0 Å². The van der Waals surface area contributed by atoms with Gasteiger partial charge in [0.15, 0.2) is 5.69 Å². The minimum absolute atomic E-state index is 0.278. The molecule has 1 saturated heterocycles. The maximum atomic E-state index is 9.10. The summed E-state index contributed by atoms with van der Waals surface area (Å²) in [6, 6.07) is 8.31. The maximum absolute atomic E-state index is 9.10. The van der Waals surface area contributed by atoms with Crippen LogP contribution in [-0.4, -0.2) is 15.9 Å². The van der Waals surface area contributed by atoms with E-state index in [4.69, 9.17) is 5.26 Å². The zero-order valence-corrected chi connectivity index (χ0v) is 9.56. The number of imidazole rings is 1. The van der Waals surface area contributed by atoms with Gasteiger partial charge >= 0.3 is 0 Å². The Morgan fingerprint density at radius 2 is 2.35 bits per heavy atom. The fraction of sp³-hybridized carbons (Fsp3) is 0.385. The molecule has 0 saturated carbocycles. The van der Waals surface area contributed by atoms with Gasteiger partial charge < -0.3 is 9.72 Å². The molecule has 4 heteroatoms. The molecule has 2 aromatic rings. The summed E-state index contributed by atoms with van der Waals surface area (Å²) in [6.45, 7) is 1.04. The van der Waals surface area contributed by atoms with E-state index in [-0.39, 0.29) is 6.04 Å². The number of fused-ring (bicyclic) bond motifs is 1. The zero-order valence-electron chi connectivity index (χ0n) is 9.56. The SMILES string of the molecule is N#Cc1nc(C2CCCCN2)n2ccccc12. The minimum Gasteiger partial charge on any atom is -0.307 e. The van der Waals surface area contributed by atoms with Crippen molar-refractivity contribution in [2.45, 2.75) is 25.3 Å². The van der Waals surface area contributed by atoms with E-state index in [0.717, 1.165) is 24.3 Å². The van der Waals surface area contributed by atoms with Crippen LogP contribution in [0.4, 0.5) is 0 Å². The molecule has 1 atom stereocenters.